The fourth-order valence-corrected chi connectivity index (χ4v) is 0.866. The van der Waals surface area contributed by atoms with Gasteiger partial charge in [0.05, 0.1) is 0 Å². The second-order valence-electron chi connectivity index (χ2n) is 1.78. The average molecular weight is 373 g/mol. The van der Waals surface area contributed by atoms with E-state index >= 15 is 0 Å². The molecule has 13 heavy (non-hydrogen) atoms. The van der Waals surface area contributed by atoms with Crippen LogP contribution in [0.1, 0.15) is 0 Å². The van der Waals surface area contributed by atoms with Crippen molar-refractivity contribution in [2.45, 2.75) is 6.55 Å². The molecule has 0 spiro atoms. The van der Waals surface area contributed by atoms with Crippen LogP contribution in [0.25, 0.3) is 0 Å². The molecule has 3 nitrogen and oxygen atoms in total. The van der Waals surface area contributed by atoms with Gasteiger partial charge in [0.1, 0.15) is 0 Å². The van der Waals surface area contributed by atoms with Crippen LogP contribution >= 0.6 is 33.2 Å². The van der Waals surface area contributed by atoms with Gasteiger partial charge in [-0.05, 0) is 6.55 Å². The first-order valence-electron chi connectivity index (χ1n) is 3.00. The number of hydrogen-bond acceptors (Lipinski definition) is 3. The summed E-state index contributed by atoms with van der Waals surface area (Å²) in [4.78, 5) is 0. The Bertz CT molecular complexity index is 89.6. The minimum atomic E-state index is -2.19. The molecule has 0 aromatic heterocycles. The molecular formula is C4H13Cl3O3RuSi2. The summed E-state index contributed by atoms with van der Waals surface area (Å²) in [6.45, 7) is 1.62. The summed E-state index contributed by atoms with van der Waals surface area (Å²) < 4.78 is 14.2. The molecule has 0 aromatic rings. The molecule has 0 amide bonds. The fourth-order valence-electron chi connectivity index (χ4n) is 0.289. The van der Waals surface area contributed by atoms with Crippen molar-refractivity contribution in [2.75, 3.05) is 21.3 Å². The predicted molar refractivity (Wildman–Crippen MR) is 57.4 cm³/mol. The molecule has 0 aromatic carbocycles. The summed E-state index contributed by atoms with van der Waals surface area (Å²) in [6.07, 6.45) is 0. The van der Waals surface area contributed by atoms with Crippen LogP contribution in [0.5, 0.6) is 0 Å². The Hall–Kier alpha value is 1.81. The van der Waals surface area contributed by atoms with E-state index in [9.17, 15) is 0 Å². The molecule has 0 saturated carbocycles. The van der Waals surface area contributed by atoms with E-state index < -0.39 is 15.5 Å². The zero-order valence-corrected chi connectivity index (χ0v) is 14.0. The molecule has 0 heterocycles. The van der Waals surface area contributed by atoms with Crippen LogP contribution in [-0.2, 0) is 32.8 Å². The van der Waals surface area contributed by atoms with Gasteiger partial charge in [-0.2, -0.15) is 0 Å². The molecule has 0 atom stereocenters. The molecule has 0 N–H and O–H groups in total. The van der Waals surface area contributed by atoms with Crippen molar-refractivity contribution < 1.29 is 32.8 Å². The summed E-state index contributed by atoms with van der Waals surface area (Å²) in [5.74, 6) is 0. The molecule has 0 saturated heterocycles. The maximum absolute atomic E-state index is 5.20. The van der Waals surface area contributed by atoms with Crippen molar-refractivity contribution in [3.05, 3.63) is 0 Å². The largest absolute Gasteiger partial charge is 0.483 e. The van der Waals surface area contributed by atoms with Gasteiger partial charge in [0.2, 0.25) is 0 Å². The molecule has 0 aliphatic carbocycles. The molecule has 0 radical (unpaired) electrons. The summed E-state index contributed by atoms with van der Waals surface area (Å²) in [5, 5.41) is 0. The van der Waals surface area contributed by atoms with Crippen LogP contribution < -0.4 is 0 Å². The van der Waals surface area contributed by atoms with Gasteiger partial charge in [0.25, 0.3) is 0 Å². The van der Waals surface area contributed by atoms with Crippen molar-refractivity contribution in [1.29, 1.82) is 0 Å². The van der Waals surface area contributed by atoms with Crippen LogP contribution in [0.15, 0.2) is 0 Å². The molecule has 9 heteroatoms. The number of halogens is 3. The van der Waals surface area contributed by atoms with Crippen LogP contribution in [0.4, 0.5) is 0 Å². The molecule has 0 fully saturated rings. The number of rotatable bonds is 3. The Labute approximate surface area is 109 Å². The van der Waals surface area contributed by atoms with E-state index in [0.29, 0.717) is 0 Å². The van der Waals surface area contributed by atoms with E-state index in [1.54, 1.807) is 27.9 Å². The van der Waals surface area contributed by atoms with Crippen molar-refractivity contribution in [1.82, 2.24) is 0 Å². The summed E-state index contributed by atoms with van der Waals surface area (Å²) in [5.41, 5.74) is 0. The van der Waals surface area contributed by atoms with E-state index in [2.05, 4.69) is 0 Å². The van der Waals surface area contributed by atoms with Crippen LogP contribution in [0, 0.1) is 0 Å². The monoisotopic (exact) mass is 372 g/mol. The fraction of sp³-hybridized carbons (Fsp3) is 1.00. The first kappa shape index (κ1) is 20.2. The van der Waals surface area contributed by atoms with E-state index in [0.717, 1.165) is 0 Å². The Kier molecular flexibility index (Phi) is 18.5. The maximum atomic E-state index is 5.20. The zero-order chi connectivity index (χ0) is 10.2. The zero-order valence-electron chi connectivity index (χ0n) is 7.79. The van der Waals surface area contributed by atoms with Crippen molar-refractivity contribution in [2.24, 2.45) is 0 Å². The van der Waals surface area contributed by atoms with E-state index in [1.807, 2.05) is 0 Å². The third kappa shape index (κ3) is 31.6. The van der Waals surface area contributed by atoms with Crippen molar-refractivity contribution in [3.63, 3.8) is 0 Å². The van der Waals surface area contributed by atoms with Crippen molar-refractivity contribution >= 4 is 48.8 Å². The van der Waals surface area contributed by atoms with Gasteiger partial charge < -0.3 is 13.3 Å². The predicted octanol–water partition coefficient (Wildman–Crippen LogP) is 1.91. The molecule has 0 unspecified atom stereocenters. The molecule has 0 aliphatic rings. The van der Waals surface area contributed by atoms with Gasteiger partial charge >= 0.3 is 15.5 Å². The van der Waals surface area contributed by atoms with Gasteiger partial charge in [0.15, 0.2) is 0 Å². The summed E-state index contributed by atoms with van der Waals surface area (Å²) >= 11 is 15.6. The summed E-state index contributed by atoms with van der Waals surface area (Å²) in [7, 11) is 3.05. The van der Waals surface area contributed by atoms with E-state index in [-0.39, 0.29) is 19.5 Å². The Morgan fingerprint density at radius 2 is 1.08 bits per heavy atom. The first-order valence-corrected chi connectivity index (χ1v) is 9.95. The molecule has 84 valence electrons. The Balaban J connectivity index is -0.000000150. The molecular weight excluding hydrogens is 360 g/mol. The van der Waals surface area contributed by atoms with Gasteiger partial charge in [-0.1, -0.05) is 0 Å². The van der Waals surface area contributed by atoms with Crippen LogP contribution in [-0.4, -0.2) is 36.9 Å². The Morgan fingerprint density at radius 3 is 1.08 bits per heavy atom. The smallest absolute Gasteiger partial charge is 0.379 e. The minimum absolute atomic E-state index is 0. The normalized spacial score (nSPS) is 10.2. The van der Waals surface area contributed by atoms with E-state index in [4.69, 9.17) is 46.5 Å². The second kappa shape index (κ2) is 11.9. The average Bonchev–Trinajstić information content (AvgIpc) is 1.88. The van der Waals surface area contributed by atoms with Gasteiger partial charge in [-0.25, -0.2) is 0 Å². The molecule has 0 bridgehead atoms. The molecule has 0 rings (SSSR count). The minimum Gasteiger partial charge on any atom is -0.379 e. The number of hydrogen-bond donors (Lipinski definition) is 0. The summed E-state index contributed by atoms with van der Waals surface area (Å²) in [6, 6.07) is -2.19. The third-order valence-electron chi connectivity index (χ3n) is 0.577. The molecule has 0 aliphatic heterocycles. The van der Waals surface area contributed by atoms with Crippen LogP contribution in [0.2, 0.25) is 6.55 Å². The maximum Gasteiger partial charge on any atom is 0.483 e. The first-order chi connectivity index (χ1) is 5.35. The third-order valence-corrected chi connectivity index (χ3v) is 1.73. The van der Waals surface area contributed by atoms with Gasteiger partial charge in [0, 0.05) is 40.8 Å². The Morgan fingerprint density at radius 1 is 0.923 bits per heavy atom. The van der Waals surface area contributed by atoms with Gasteiger partial charge in [-0.3, -0.25) is 0 Å². The standard InChI is InChI=1S/C3H10O3Si.CH3Cl3Si.Ru/c1-4-7(5-2)6-3;1-5(2,3)4;/h7H,1-3H3;1H3;. The quantitative estimate of drug-likeness (QED) is 0.559. The van der Waals surface area contributed by atoms with E-state index in [1.165, 1.54) is 0 Å². The van der Waals surface area contributed by atoms with Gasteiger partial charge in [-0.15, -0.1) is 33.2 Å². The second-order valence-corrected chi connectivity index (χ2v) is 13.9. The van der Waals surface area contributed by atoms with Crippen LogP contribution in [0.3, 0.4) is 0 Å². The van der Waals surface area contributed by atoms with Crippen molar-refractivity contribution in [3.8, 4) is 0 Å². The topological polar surface area (TPSA) is 27.7 Å². The SMILES string of the molecule is CO[SiH](OC)OC.C[Si](Cl)(Cl)Cl.[Ru].